The summed E-state index contributed by atoms with van der Waals surface area (Å²) in [5.41, 5.74) is 10.8. The number of thiophene rings is 1. The van der Waals surface area contributed by atoms with Gasteiger partial charge in [-0.1, -0.05) is 0 Å². The van der Waals surface area contributed by atoms with Gasteiger partial charge in [0.1, 0.15) is 5.82 Å². The molecule has 4 N–H and O–H groups in total. The van der Waals surface area contributed by atoms with Crippen molar-refractivity contribution in [1.82, 2.24) is 4.98 Å². The van der Waals surface area contributed by atoms with E-state index in [-0.39, 0.29) is 0 Å². The molecule has 0 bridgehead atoms. The number of nitrogens with two attached hydrogens (primary N) is 2. The molecule has 0 atom stereocenters. The smallest absolute Gasteiger partial charge is 0.258 e. The Hall–Kier alpha value is -1.14. The molecule has 0 fully saturated rings. The van der Waals surface area contributed by atoms with Crippen LogP contribution in [0.15, 0.2) is 16.7 Å². The van der Waals surface area contributed by atoms with Gasteiger partial charge < -0.3 is 11.5 Å². The molecule has 2 aromatic rings. The van der Waals surface area contributed by atoms with E-state index in [2.05, 4.69) is 20.9 Å². The number of amides is 1. The average molecular weight is 272 g/mol. The SMILES string of the molecule is NC(=O)c1cc2c(Br)cnc(N)c2s1. The van der Waals surface area contributed by atoms with Gasteiger partial charge in [-0.25, -0.2) is 4.98 Å². The van der Waals surface area contributed by atoms with E-state index in [1.165, 1.54) is 11.3 Å². The molecule has 14 heavy (non-hydrogen) atoms. The van der Waals surface area contributed by atoms with Crippen molar-refractivity contribution in [3.63, 3.8) is 0 Å². The maximum absolute atomic E-state index is 10.9. The highest BCUT2D eigenvalue weighted by molar-refractivity contribution is 9.10. The Bertz CT molecular complexity index is 484. The van der Waals surface area contributed by atoms with Crippen molar-refractivity contribution in [2.75, 3.05) is 5.73 Å². The second-order valence-corrected chi connectivity index (χ2v) is 4.62. The summed E-state index contributed by atoms with van der Waals surface area (Å²) in [7, 11) is 0. The van der Waals surface area contributed by atoms with Crippen molar-refractivity contribution in [1.29, 1.82) is 0 Å². The van der Waals surface area contributed by atoms with E-state index in [0.29, 0.717) is 10.7 Å². The fourth-order valence-electron chi connectivity index (χ4n) is 1.13. The predicted octanol–water partition coefficient (Wildman–Crippen LogP) is 1.74. The van der Waals surface area contributed by atoms with Crippen LogP contribution < -0.4 is 11.5 Å². The molecule has 2 rings (SSSR count). The Labute approximate surface area is 92.0 Å². The third-order valence-electron chi connectivity index (χ3n) is 1.78. The lowest BCUT2D eigenvalue weighted by Crippen LogP contribution is -2.08. The van der Waals surface area contributed by atoms with Crippen LogP contribution in [0.5, 0.6) is 0 Å². The van der Waals surface area contributed by atoms with Gasteiger partial charge in [-0.2, -0.15) is 0 Å². The summed E-state index contributed by atoms with van der Waals surface area (Å²) in [6.45, 7) is 0. The lowest BCUT2D eigenvalue weighted by molar-refractivity contribution is 0.100. The topological polar surface area (TPSA) is 82.0 Å². The van der Waals surface area contributed by atoms with Crippen LogP contribution in [-0.4, -0.2) is 10.9 Å². The summed E-state index contributed by atoms with van der Waals surface area (Å²) >= 11 is 4.58. The van der Waals surface area contributed by atoms with Crippen LogP contribution >= 0.6 is 27.3 Å². The highest BCUT2D eigenvalue weighted by Gasteiger charge is 2.11. The number of carbonyl (C=O) groups excluding carboxylic acids is 1. The van der Waals surface area contributed by atoms with E-state index in [1.807, 2.05) is 0 Å². The van der Waals surface area contributed by atoms with Crippen LogP contribution in [0.3, 0.4) is 0 Å². The molecule has 0 saturated heterocycles. The van der Waals surface area contributed by atoms with E-state index in [9.17, 15) is 4.79 Å². The minimum Gasteiger partial charge on any atom is -0.383 e. The molecule has 0 unspecified atom stereocenters. The third-order valence-corrected chi connectivity index (χ3v) is 3.59. The zero-order valence-electron chi connectivity index (χ0n) is 6.95. The largest absolute Gasteiger partial charge is 0.383 e. The van der Waals surface area contributed by atoms with Crippen molar-refractivity contribution in [2.45, 2.75) is 0 Å². The number of anilines is 1. The Morgan fingerprint density at radius 1 is 1.57 bits per heavy atom. The Morgan fingerprint density at radius 2 is 2.29 bits per heavy atom. The van der Waals surface area contributed by atoms with Gasteiger partial charge in [-0.3, -0.25) is 4.79 Å². The summed E-state index contributed by atoms with van der Waals surface area (Å²) in [6, 6.07) is 1.71. The summed E-state index contributed by atoms with van der Waals surface area (Å²) in [5, 5.41) is 0.872. The van der Waals surface area contributed by atoms with Crippen LogP contribution in [0.4, 0.5) is 5.82 Å². The molecule has 0 aliphatic carbocycles. The van der Waals surface area contributed by atoms with Crippen LogP contribution in [0.25, 0.3) is 10.1 Å². The molecule has 2 heterocycles. The Kier molecular flexibility index (Phi) is 2.16. The minimum atomic E-state index is -0.447. The molecule has 4 nitrogen and oxygen atoms in total. The van der Waals surface area contributed by atoms with Crippen molar-refractivity contribution in [2.24, 2.45) is 5.73 Å². The van der Waals surface area contributed by atoms with Crippen LogP contribution in [0.2, 0.25) is 0 Å². The number of hydrogen-bond acceptors (Lipinski definition) is 4. The highest BCUT2D eigenvalue weighted by Crippen LogP contribution is 2.33. The summed E-state index contributed by atoms with van der Waals surface area (Å²) in [5.74, 6) is -0.0294. The molecule has 1 amide bonds. The summed E-state index contributed by atoms with van der Waals surface area (Å²) in [6.07, 6.45) is 1.61. The minimum absolute atomic E-state index is 0.417. The number of primary amides is 1. The fraction of sp³-hybridized carbons (Fsp3) is 0. The van der Waals surface area contributed by atoms with Gasteiger partial charge in [0.2, 0.25) is 0 Å². The monoisotopic (exact) mass is 271 g/mol. The van der Waals surface area contributed by atoms with E-state index in [4.69, 9.17) is 11.5 Å². The normalized spacial score (nSPS) is 10.6. The lowest BCUT2D eigenvalue weighted by Gasteiger charge is -1.95. The van der Waals surface area contributed by atoms with E-state index in [1.54, 1.807) is 12.3 Å². The molecule has 6 heteroatoms. The van der Waals surface area contributed by atoms with Gasteiger partial charge in [0.25, 0.3) is 5.91 Å². The van der Waals surface area contributed by atoms with Crippen LogP contribution in [0, 0.1) is 0 Å². The molecule has 2 aromatic heterocycles. The van der Waals surface area contributed by atoms with Gasteiger partial charge in [0.15, 0.2) is 0 Å². The quantitative estimate of drug-likeness (QED) is 0.829. The van der Waals surface area contributed by atoms with Crippen molar-refractivity contribution in [3.8, 4) is 0 Å². The maximum Gasteiger partial charge on any atom is 0.258 e. The predicted molar refractivity (Wildman–Crippen MR) is 60.3 cm³/mol. The number of hydrogen-bond donors (Lipinski definition) is 2. The fourth-order valence-corrected chi connectivity index (χ4v) is 2.61. The third kappa shape index (κ3) is 1.36. The maximum atomic E-state index is 10.9. The Morgan fingerprint density at radius 3 is 2.86 bits per heavy atom. The summed E-state index contributed by atoms with van der Waals surface area (Å²) in [4.78, 5) is 15.4. The van der Waals surface area contributed by atoms with E-state index < -0.39 is 5.91 Å². The summed E-state index contributed by atoms with van der Waals surface area (Å²) < 4.78 is 1.60. The van der Waals surface area contributed by atoms with E-state index in [0.717, 1.165) is 14.6 Å². The Balaban J connectivity index is 2.82. The highest BCUT2D eigenvalue weighted by atomic mass is 79.9. The molecular weight excluding hydrogens is 266 g/mol. The number of nitrogens with zero attached hydrogens (tertiary/aromatic N) is 1. The van der Waals surface area contributed by atoms with Gasteiger partial charge in [0.05, 0.1) is 9.58 Å². The van der Waals surface area contributed by atoms with Gasteiger partial charge in [0, 0.05) is 16.1 Å². The number of pyridine rings is 1. The standard InChI is InChI=1S/C8H6BrN3OS/c9-4-2-12-7(10)6-3(4)1-5(14-6)8(11)13/h1-2H,(H2,10,12)(H2,11,13). The zero-order chi connectivity index (χ0) is 10.3. The van der Waals surface area contributed by atoms with Gasteiger partial charge in [-0.05, 0) is 22.0 Å². The number of fused-ring (bicyclic) bond motifs is 1. The first-order valence-electron chi connectivity index (χ1n) is 3.73. The second kappa shape index (κ2) is 3.21. The van der Waals surface area contributed by atoms with Crippen molar-refractivity contribution in [3.05, 3.63) is 21.6 Å². The average Bonchev–Trinajstić information content (AvgIpc) is 2.57. The number of halogens is 1. The first kappa shape index (κ1) is 9.42. The van der Waals surface area contributed by atoms with Crippen LogP contribution in [0.1, 0.15) is 9.67 Å². The first-order chi connectivity index (χ1) is 6.59. The van der Waals surface area contributed by atoms with Crippen LogP contribution in [-0.2, 0) is 0 Å². The van der Waals surface area contributed by atoms with Crippen molar-refractivity contribution < 1.29 is 4.79 Å². The van der Waals surface area contributed by atoms with E-state index >= 15 is 0 Å². The number of aromatic nitrogens is 1. The zero-order valence-corrected chi connectivity index (χ0v) is 9.35. The van der Waals surface area contributed by atoms with Gasteiger partial charge >= 0.3 is 0 Å². The first-order valence-corrected chi connectivity index (χ1v) is 5.34. The molecule has 0 spiro atoms. The lowest BCUT2D eigenvalue weighted by atomic mass is 10.3. The second-order valence-electron chi connectivity index (χ2n) is 2.71. The molecule has 0 aliphatic rings. The molecule has 72 valence electrons. The molecule has 0 saturated carbocycles. The number of rotatable bonds is 1. The molecule has 0 aromatic carbocycles. The van der Waals surface area contributed by atoms with Crippen molar-refractivity contribution >= 4 is 49.1 Å². The molecule has 0 radical (unpaired) electrons. The number of nitrogen functional groups attached to an aromatic ring is 1. The van der Waals surface area contributed by atoms with Gasteiger partial charge in [-0.15, -0.1) is 11.3 Å². The number of carbonyl (C=O) groups is 1. The molecular formula is C8H6BrN3OS. The molecule has 0 aliphatic heterocycles.